The lowest BCUT2D eigenvalue weighted by atomic mass is 10.2. The molecule has 0 bridgehead atoms. The number of rotatable bonds is 3. The summed E-state index contributed by atoms with van der Waals surface area (Å²) in [6.07, 6.45) is 0.723. The number of nitrogens with two attached hydrogens (primary N) is 1. The molecular formula is C10H15N5O2S. The molecule has 8 heteroatoms. The van der Waals surface area contributed by atoms with Crippen LogP contribution in [-0.4, -0.2) is 42.0 Å². The van der Waals surface area contributed by atoms with Crippen LogP contribution in [0.4, 0.5) is 5.13 Å². The third-order valence-corrected chi connectivity index (χ3v) is 3.59. The first kappa shape index (κ1) is 12.8. The van der Waals surface area contributed by atoms with Crippen LogP contribution in [0.2, 0.25) is 0 Å². The molecule has 0 saturated carbocycles. The molecule has 1 aromatic heterocycles. The number of ether oxygens (including phenoxy) is 1. The fourth-order valence-corrected chi connectivity index (χ4v) is 2.83. The van der Waals surface area contributed by atoms with Crippen molar-refractivity contribution in [2.24, 2.45) is 5.73 Å². The molecule has 0 aromatic carbocycles. The Bertz CT molecular complexity index is 473. The Morgan fingerprint density at radius 3 is 3.17 bits per heavy atom. The van der Waals surface area contributed by atoms with E-state index in [1.807, 2.05) is 0 Å². The van der Waals surface area contributed by atoms with Crippen LogP contribution >= 0.6 is 11.3 Å². The molecule has 0 fully saturated rings. The number of thiazole rings is 1. The highest BCUT2D eigenvalue weighted by atomic mass is 32.1. The van der Waals surface area contributed by atoms with E-state index >= 15 is 0 Å². The molecule has 1 aliphatic rings. The second-order valence-corrected chi connectivity index (χ2v) is 5.01. The van der Waals surface area contributed by atoms with Gasteiger partial charge in [-0.05, 0) is 0 Å². The van der Waals surface area contributed by atoms with E-state index in [1.165, 1.54) is 18.4 Å². The molecule has 7 nitrogen and oxygen atoms in total. The molecule has 0 saturated heterocycles. The van der Waals surface area contributed by atoms with Crippen LogP contribution in [0, 0.1) is 5.41 Å². The summed E-state index contributed by atoms with van der Waals surface area (Å²) in [6, 6.07) is 0. The average molecular weight is 269 g/mol. The molecular weight excluding hydrogens is 254 g/mol. The van der Waals surface area contributed by atoms with Gasteiger partial charge in [0.25, 0.3) is 0 Å². The number of nitrogens with zero attached hydrogens (tertiary/aromatic N) is 2. The molecule has 0 atom stereocenters. The summed E-state index contributed by atoms with van der Waals surface area (Å²) < 4.78 is 4.84. The number of amides is 1. The zero-order valence-electron chi connectivity index (χ0n) is 10.0. The second kappa shape index (κ2) is 5.32. The monoisotopic (exact) mass is 269 g/mol. The van der Waals surface area contributed by atoms with E-state index in [0.717, 1.165) is 17.0 Å². The van der Waals surface area contributed by atoms with Gasteiger partial charge in [-0.25, -0.2) is 4.98 Å². The van der Waals surface area contributed by atoms with Crippen LogP contribution in [0.25, 0.3) is 0 Å². The Morgan fingerprint density at radius 1 is 1.72 bits per heavy atom. The van der Waals surface area contributed by atoms with Crippen molar-refractivity contribution in [2.45, 2.75) is 13.0 Å². The van der Waals surface area contributed by atoms with Gasteiger partial charge in [0.2, 0.25) is 5.91 Å². The van der Waals surface area contributed by atoms with Gasteiger partial charge in [0.05, 0.1) is 12.2 Å². The Kier molecular flexibility index (Phi) is 3.78. The number of anilines is 1. The molecule has 1 aliphatic heterocycles. The molecule has 1 aromatic rings. The number of guanidine groups is 1. The minimum Gasteiger partial charge on any atom is -0.375 e. The minimum absolute atomic E-state index is 0.0161. The number of aromatic nitrogens is 1. The Hall–Kier alpha value is -1.67. The molecule has 1 amide bonds. The number of nitrogens with one attached hydrogen (secondary N) is 2. The van der Waals surface area contributed by atoms with Crippen LogP contribution in [0.3, 0.4) is 0 Å². The molecule has 2 rings (SSSR count). The maximum absolute atomic E-state index is 11.7. The van der Waals surface area contributed by atoms with Crippen molar-refractivity contribution in [2.75, 3.05) is 25.6 Å². The van der Waals surface area contributed by atoms with E-state index in [1.54, 1.807) is 4.90 Å². The maximum atomic E-state index is 11.7. The van der Waals surface area contributed by atoms with E-state index in [-0.39, 0.29) is 18.5 Å². The Morgan fingerprint density at radius 2 is 2.50 bits per heavy atom. The largest absolute Gasteiger partial charge is 0.375 e. The average Bonchev–Trinajstić information content (AvgIpc) is 2.69. The van der Waals surface area contributed by atoms with Crippen LogP contribution in [0.15, 0.2) is 0 Å². The van der Waals surface area contributed by atoms with Crippen molar-refractivity contribution < 1.29 is 9.53 Å². The number of carbonyl (C=O) groups is 1. The number of hydrogen-bond donors (Lipinski definition) is 3. The second-order valence-electron chi connectivity index (χ2n) is 3.93. The van der Waals surface area contributed by atoms with Gasteiger partial charge < -0.3 is 20.7 Å². The number of carbonyl (C=O) groups excluding carboxylic acids is 1. The Labute approximate surface area is 108 Å². The molecule has 0 aliphatic carbocycles. The zero-order valence-corrected chi connectivity index (χ0v) is 10.8. The van der Waals surface area contributed by atoms with Crippen molar-refractivity contribution in [3.63, 3.8) is 0 Å². The predicted molar refractivity (Wildman–Crippen MR) is 68.6 cm³/mol. The fourth-order valence-electron chi connectivity index (χ4n) is 1.79. The highest BCUT2D eigenvalue weighted by Crippen LogP contribution is 2.28. The summed E-state index contributed by atoms with van der Waals surface area (Å²) in [7, 11) is 1.51. The van der Waals surface area contributed by atoms with Gasteiger partial charge in [-0.3, -0.25) is 10.2 Å². The van der Waals surface area contributed by atoms with Gasteiger partial charge in [-0.2, -0.15) is 0 Å². The molecule has 98 valence electrons. The first-order valence-electron chi connectivity index (χ1n) is 5.46. The summed E-state index contributed by atoms with van der Waals surface area (Å²) in [6.45, 7) is 1.31. The van der Waals surface area contributed by atoms with Crippen LogP contribution < -0.4 is 11.1 Å². The fraction of sp³-hybridized carbons (Fsp3) is 0.500. The zero-order chi connectivity index (χ0) is 13.1. The van der Waals surface area contributed by atoms with Crippen LogP contribution in [-0.2, 0) is 22.5 Å². The van der Waals surface area contributed by atoms with Crippen LogP contribution in [0.1, 0.15) is 10.6 Å². The van der Waals surface area contributed by atoms with Crippen molar-refractivity contribution in [3.05, 3.63) is 10.6 Å². The van der Waals surface area contributed by atoms with Gasteiger partial charge in [0, 0.05) is 25.0 Å². The summed E-state index contributed by atoms with van der Waals surface area (Å²) in [4.78, 5) is 18.8. The molecule has 0 radical (unpaired) electrons. The highest BCUT2D eigenvalue weighted by Gasteiger charge is 2.23. The van der Waals surface area contributed by atoms with Gasteiger partial charge >= 0.3 is 0 Å². The number of fused-ring (bicyclic) bond motifs is 1. The smallest absolute Gasteiger partial charge is 0.248 e. The third kappa shape index (κ3) is 2.77. The molecule has 0 unspecified atom stereocenters. The highest BCUT2D eigenvalue weighted by molar-refractivity contribution is 7.15. The van der Waals surface area contributed by atoms with Crippen molar-refractivity contribution in [1.29, 1.82) is 5.41 Å². The first-order valence-corrected chi connectivity index (χ1v) is 6.28. The van der Waals surface area contributed by atoms with Crippen molar-refractivity contribution >= 4 is 28.3 Å². The maximum Gasteiger partial charge on any atom is 0.248 e. The van der Waals surface area contributed by atoms with Gasteiger partial charge in [0.15, 0.2) is 11.1 Å². The summed E-state index contributed by atoms with van der Waals surface area (Å²) in [5, 5.41) is 10.4. The SMILES string of the molecule is COCC(=O)N1CCc2nc(NC(=N)N)sc2C1. The summed E-state index contributed by atoms with van der Waals surface area (Å²) >= 11 is 1.43. The van der Waals surface area contributed by atoms with E-state index in [2.05, 4.69) is 10.3 Å². The number of methoxy groups -OCH3 is 1. The van der Waals surface area contributed by atoms with Gasteiger partial charge in [-0.15, -0.1) is 0 Å². The van der Waals surface area contributed by atoms with Gasteiger partial charge in [0.1, 0.15) is 6.61 Å². The first-order chi connectivity index (χ1) is 8.60. The van der Waals surface area contributed by atoms with E-state index in [9.17, 15) is 4.79 Å². The molecule has 2 heterocycles. The van der Waals surface area contributed by atoms with E-state index < -0.39 is 0 Å². The lowest BCUT2D eigenvalue weighted by Crippen LogP contribution is -2.37. The van der Waals surface area contributed by atoms with Crippen molar-refractivity contribution in [3.8, 4) is 0 Å². The van der Waals surface area contributed by atoms with Crippen molar-refractivity contribution in [1.82, 2.24) is 9.88 Å². The molecule has 4 N–H and O–H groups in total. The predicted octanol–water partition coefficient (Wildman–Crippen LogP) is -0.0204. The number of hydrogen-bond acceptors (Lipinski definition) is 5. The normalized spacial score (nSPS) is 14.2. The lowest BCUT2D eigenvalue weighted by molar-refractivity contribution is -0.136. The quantitative estimate of drug-likeness (QED) is 0.528. The topological polar surface area (TPSA) is 104 Å². The lowest BCUT2D eigenvalue weighted by Gasteiger charge is -2.25. The standard InChI is InChI=1S/C10H15N5O2S/c1-17-5-8(16)15-3-2-6-7(4-15)18-10(13-6)14-9(11)12/h2-5H2,1H3,(H4,11,12,13,14). The van der Waals surface area contributed by atoms with E-state index in [4.69, 9.17) is 15.9 Å². The van der Waals surface area contributed by atoms with Gasteiger partial charge in [-0.1, -0.05) is 11.3 Å². The molecule has 0 spiro atoms. The summed E-state index contributed by atoms with van der Waals surface area (Å²) in [5.41, 5.74) is 6.23. The summed E-state index contributed by atoms with van der Waals surface area (Å²) in [5.74, 6) is -0.147. The minimum atomic E-state index is -0.131. The molecule has 18 heavy (non-hydrogen) atoms. The van der Waals surface area contributed by atoms with Crippen LogP contribution in [0.5, 0.6) is 0 Å². The van der Waals surface area contributed by atoms with E-state index in [0.29, 0.717) is 18.2 Å². The Balaban J connectivity index is 2.07. The third-order valence-electron chi connectivity index (χ3n) is 2.59.